The van der Waals surface area contributed by atoms with E-state index in [2.05, 4.69) is 15.2 Å². The van der Waals surface area contributed by atoms with Crippen LogP contribution in [0.1, 0.15) is 34.9 Å². The molecule has 0 bridgehead atoms. The smallest absolute Gasteiger partial charge is 0.254 e. The van der Waals surface area contributed by atoms with E-state index in [0.717, 1.165) is 48.6 Å². The number of nitrogens with zero attached hydrogens (tertiary/aromatic N) is 5. The lowest BCUT2D eigenvalue weighted by molar-refractivity contribution is 0.0498. The van der Waals surface area contributed by atoms with E-state index in [1.54, 1.807) is 7.11 Å². The molecule has 0 N–H and O–H groups in total. The highest BCUT2D eigenvalue weighted by atomic mass is 16.5. The summed E-state index contributed by atoms with van der Waals surface area (Å²) in [5.41, 5.74) is 2.66. The molecule has 0 spiro atoms. The minimum Gasteiger partial charge on any atom is -0.487 e. The van der Waals surface area contributed by atoms with Gasteiger partial charge in [-0.3, -0.25) is 4.79 Å². The Morgan fingerprint density at radius 3 is 2.45 bits per heavy atom. The minimum atomic E-state index is 0.0589. The molecular formula is C25H29N5O3. The number of carbonyl (C=O) groups excluding carboxylic acids is 1. The number of carbonyl (C=O) groups is 1. The molecule has 2 fully saturated rings. The zero-order chi connectivity index (χ0) is 22.6. The van der Waals surface area contributed by atoms with Crippen molar-refractivity contribution in [1.82, 2.24) is 19.9 Å². The molecule has 8 nitrogen and oxygen atoms in total. The third-order valence-corrected chi connectivity index (χ3v) is 6.47. The van der Waals surface area contributed by atoms with E-state index in [-0.39, 0.29) is 11.9 Å². The summed E-state index contributed by atoms with van der Waals surface area (Å²) in [6.45, 7) is 3.60. The molecular weight excluding hydrogens is 418 g/mol. The van der Waals surface area contributed by atoms with Gasteiger partial charge in [-0.15, -0.1) is 5.10 Å². The Bertz CT molecular complexity index is 1060. The van der Waals surface area contributed by atoms with Gasteiger partial charge < -0.3 is 19.3 Å². The monoisotopic (exact) mass is 447 g/mol. The molecule has 2 aliphatic heterocycles. The van der Waals surface area contributed by atoms with Gasteiger partial charge in [-0.2, -0.15) is 0 Å². The fourth-order valence-electron chi connectivity index (χ4n) is 4.37. The Morgan fingerprint density at radius 2 is 1.76 bits per heavy atom. The summed E-state index contributed by atoms with van der Waals surface area (Å²) in [5, 5.41) is 8.42. The third-order valence-electron chi connectivity index (χ3n) is 6.47. The zero-order valence-electron chi connectivity index (χ0n) is 18.8. The van der Waals surface area contributed by atoms with Crippen LogP contribution in [0.2, 0.25) is 0 Å². The SMILES string of the molecule is COC1CCN(c2ccc(C(=O)N3CC(n4cc(COc5ccccc5)nn4)C3)cc2)CC1. The van der Waals surface area contributed by atoms with Crippen molar-refractivity contribution >= 4 is 11.6 Å². The van der Waals surface area contributed by atoms with Crippen LogP contribution in [0.3, 0.4) is 0 Å². The number of benzene rings is 2. The molecule has 1 aromatic heterocycles. The van der Waals surface area contributed by atoms with Crippen LogP contribution in [-0.4, -0.2) is 65.2 Å². The summed E-state index contributed by atoms with van der Waals surface area (Å²) in [5.74, 6) is 0.863. The molecule has 3 heterocycles. The van der Waals surface area contributed by atoms with Gasteiger partial charge in [0.2, 0.25) is 0 Å². The minimum absolute atomic E-state index is 0.0589. The molecule has 2 aromatic carbocycles. The Morgan fingerprint density at radius 1 is 1.03 bits per heavy atom. The van der Waals surface area contributed by atoms with Crippen molar-refractivity contribution in [2.45, 2.75) is 31.6 Å². The van der Waals surface area contributed by atoms with Gasteiger partial charge >= 0.3 is 0 Å². The van der Waals surface area contributed by atoms with E-state index in [1.807, 2.05) is 70.4 Å². The lowest BCUT2D eigenvalue weighted by Crippen LogP contribution is -2.50. The summed E-state index contributed by atoms with van der Waals surface area (Å²) in [6.07, 6.45) is 4.33. The first kappa shape index (κ1) is 21.5. The van der Waals surface area contributed by atoms with Crippen LogP contribution >= 0.6 is 0 Å². The van der Waals surface area contributed by atoms with Gasteiger partial charge in [-0.05, 0) is 49.2 Å². The number of methoxy groups -OCH3 is 1. The van der Waals surface area contributed by atoms with Gasteiger partial charge in [0.05, 0.1) is 18.3 Å². The molecule has 0 atom stereocenters. The molecule has 5 rings (SSSR count). The lowest BCUT2D eigenvalue weighted by atomic mass is 10.0. The Labute approximate surface area is 193 Å². The molecule has 0 saturated carbocycles. The average molecular weight is 448 g/mol. The van der Waals surface area contributed by atoms with Gasteiger partial charge in [0.1, 0.15) is 18.1 Å². The number of para-hydroxylation sites is 1. The van der Waals surface area contributed by atoms with Crippen molar-refractivity contribution in [1.29, 1.82) is 0 Å². The van der Waals surface area contributed by atoms with E-state index < -0.39 is 0 Å². The van der Waals surface area contributed by atoms with Crippen LogP contribution in [0.15, 0.2) is 60.8 Å². The molecule has 0 radical (unpaired) electrons. The van der Waals surface area contributed by atoms with Gasteiger partial charge in [0.15, 0.2) is 0 Å². The van der Waals surface area contributed by atoms with Gasteiger partial charge in [-0.1, -0.05) is 23.4 Å². The lowest BCUT2D eigenvalue weighted by Gasteiger charge is -2.39. The first-order valence-electron chi connectivity index (χ1n) is 11.5. The normalized spacial score (nSPS) is 17.1. The highest BCUT2D eigenvalue weighted by molar-refractivity contribution is 5.95. The first-order chi connectivity index (χ1) is 16.2. The first-order valence-corrected chi connectivity index (χ1v) is 11.5. The van der Waals surface area contributed by atoms with E-state index >= 15 is 0 Å². The fraction of sp³-hybridized carbons (Fsp3) is 0.400. The molecule has 1 amide bonds. The van der Waals surface area contributed by atoms with E-state index in [0.29, 0.717) is 25.8 Å². The predicted octanol–water partition coefficient (Wildman–Crippen LogP) is 3.17. The maximum atomic E-state index is 12.9. The van der Waals surface area contributed by atoms with Crippen LogP contribution in [0.4, 0.5) is 5.69 Å². The van der Waals surface area contributed by atoms with E-state index in [4.69, 9.17) is 9.47 Å². The van der Waals surface area contributed by atoms with Crippen molar-refractivity contribution in [2.75, 3.05) is 38.2 Å². The summed E-state index contributed by atoms with van der Waals surface area (Å²) >= 11 is 0. The predicted molar refractivity (Wildman–Crippen MR) is 124 cm³/mol. The number of piperidine rings is 1. The van der Waals surface area contributed by atoms with Crippen molar-refractivity contribution in [3.8, 4) is 5.75 Å². The standard InChI is InChI=1S/C25H29N5O3/c1-32-23-11-13-28(14-12-23)21-9-7-19(8-10-21)25(31)29-16-22(17-29)30-15-20(26-27-30)18-33-24-5-3-2-4-6-24/h2-10,15,22-23H,11-14,16-18H2,1H3. The Hall–Kier alpha value is -3.39. The number of hydrogen-bond donors (Lipinski definition) is 0. The highest BCUT2D eigenvalue weighted by Crippen LogP contribution is 2.25. The number of rotatable bonds is 7. The van der Waals surface area contributed by atoms with Crippen molar-refractivity contribution in [3.05, 3.63) is 72.1 Å². The van der Waals surface area contributed by atoms with Gasteiger partial charge in [0, 0.05) is 44.5 Å². The molecule has 33 heavy (non-hydrogen) atoms. The second-order valence-electron chi connectivity index (χ2n) is 8.62. The number of anilines is 1. The van der Waals surface area contributed by atoms with Crippen LogP contribution in [0.25, 0.3) is 0 Å². The van der Waals surface area contributed by atoms with Crippen LogP contribution < -0.4 is 9.64 Å². The summed E-state index contributed by atoms with van der Waals surface area (Å²) in [6, 6.07) is 17.8. The molecule has 2 aliphatic rings. The maximum Gasteiger partial charge on any atom is 0.254 e. The molecule has 0 aliphatic carbocycles. The Kier molecular flexibility index (Phi) is 6.26. The third kappa shape index (κ3) is 4.85. The van der Waals surface area contributed by atoms with E-state index in [9.17, 15) is 4.79 Å². The van der Waals surface area contributed by atoms with Crippen LogP contribution in [0, 0.1) is 0 Å². The summed E-state index contributed by atoms with van der Waals surface area (Å²) in [7, 11) is 1.78. The number of amides is 1. The van der Waals surface area contributed by atoms with Crippen molar-refractivity contribution < 1.29 is 14.3 Å². The molecule has 172 valence electrons. The molecule has 0 unspecified atom stereocenters. The second-order valence-corrected chi connectivity index (χ2v) is 8.62. The molecule has 2 saturated heterocycles. The second kappa shape index (κ2) is 9.62. The van der Waals surface area contributed by atoms with E-state index in [1.165, 1.54) is 0 Å². The number of hydrogen-bond acceptors (Lipinski definition) is 6. The maximum absolute atomic E-state index is 12.9. The largest absolute Gasteiger partial charge is 0.487 e. The van der Waals surface area contributed by atoms with Crippen LogP contribution in [0.5, 0.6) is 5.75 Å². The average Bonchev–Trinajstić information content (AvgIpc) is 3.31. The number of ether oxygens (including phenoxy) is 2. The Balaban J connectivity index is 1.11. The van der Waals surface area contributed by atoms with Crippen molar-refractivity contribution in [3.63, 3.8) is 0 Å². The van der Waals surface area contributed by atoms with Gasteiger partial charge in [0.25, 0.3) is 5.91 Å². The highest BCUT2D eigenvalue weighted by Gasteiger charge is 2.33. The molecule has 8 heteroatoms. The fourth-order valence-corrected chi connectivity index (χ4v) is 4.37. The number of aromatic nitrogens is 3. The van der Waals surface area contributed by atoms with Gasteiger partial charge in [-0.25, -0.2) is 4.68 Å². The molecule has 3 aromatic rings. The quantitative estimate of drug-likeness (QED) is 0.554. The topological polar surface area (TPSA) is 72.7 Å². The summed E-state index contributed by atoms with van der Waals surface area (Å²) in [4.78, 5) is 17.1. The number of likely N-dealkylation sites (tertiary alicyclic amines) is 1. The van der Waals surface area contributed by atoms with Crippen molar-refractivity contribution in [2.24, 2.45) is 0 Å². The summed E-state index contributed by atoms with van der Waals surface area (Å²) < 4.78 is 13.0. The zero-order valence-corrected chi connectivity index (χ0v) is 18.8. The van der Waals surface area contributed by atoms with Crippen LogP contribution in [-0.2, 0) is 11.3 Å².